The molecule has 1 aliphatic rings. The van der Waals surface area contributed by atoms with Crippen LogP contribution >= 0.6 is 0 Å². The van der Waals surface area contributed by atoms with E-state index in [0.717, 1.165) is 19.3 Å². The fourth-order valence-corrected chi connectivity index (χ4v) is 2.05. The van der Waals surface area contributed by atoms with Gasteiger partial charge in [-0.25, -0.2) is 15.8 Å². The molecule has 7 heteroatoms. The molecule has 0 aliphatic heterocycles. The zero-order valence-corrected chi connectivity index (χ0v) is 10.7. The quantitative estimate of drug-likeness (QED) is 0.499. The third-order valence-electron chi connectivity index (χ3n) is 3.35. The van der Waals surface area contributed by atoms with Crippen molar-refractivity contribution in [3.05, 3.63) is 18.1 Å². The number of nitrogens with one attached hydrogen (secondary N) is 1. The van der Waals surface area contributed by atoms with Gasteiger partial charge in [0.2, 0.25) is 0 Å². The maximum atomic E-state index is 12.4. The SMILES string of the molecule is NNc1cnc(C(=O)N(CCCO)C2CCC2)cn1. The highest BCUT2D eigenvalue weighted by Crippen LogP contribution is 2.26. The maximum Gasteiger partial charge on any atom is 0.274 e. The van der Waals surface area contributed by atoms with E-state index < -0.39 is 0 Å². The second-order valence-electron chi connectivity index (χ2n) is 4.59. The topological polar surface area (TPSA) is 104 Å². The Morgan fingerprint density at radius 2 is 2.26 bits per heavy atom. The number of carbonyl (C=O) groups excluding carboxylic acids is 1. The van der Waals surface area contributed by atoms with E-state index in [-0.39, 0.29) is 18.6 Å². The van der Waals surface area contributed by atoms with Crippen molar-refractivity contribution in [1.82, 2.24) is 14.9 Å². The average Bonchev–Trinajstić information content (AvgIpc) is 2.40. The minimum atomic E-state index is -0.130. The van der Waals surface area contributed by atoms with Gasteiger partial charge in [-0.1, -0.05) is 0 Å². The molecule has 1 aromatic rings. The van der Waals surface area contributed by atoms with Crippen molar-refractivity contribution in [3.63, 3.8) is 0 Å². The van der Waals surface area contributed by atoms with Crippen molar-refractivity contribution < 1.29 is 9.90 Å². The molecule has 1 saturated carbocycles. The van der Waals surface area contributed by atoms with Crippen molar-refractivity contribution in [2.24, 2.45) is 5.84 Å². The van der Waals surface area contributed by atoms with Crippen LogP contribution in [0.1, 0.15) is 36.2 Å². The molecule has 0 spiro atoms. The largest absolute Gasteiger partial charge is 0.396 e. The molecule has 0 saturated heterocycles. The maximum absolute atomic E-state index is 12.4. The van der Waals surface area contributed by atoms with E-state index in [1.807, 2.05) is 0 Å². The highest BCUT2D eigenvalue weighted by atomic mass is 16.3. The zero-order chi connectivity index (χ0) is 13.7. The van der Waals surface area contributed by atoms with Gasteiger partial charge in [-0.3, -0.25) is 4.79 Å². The molecule has 19 heavy (non-hydrogen) atoms. The number of carbonyl (C=O) groups is 1. The van der Waals surface area contributed by atoms with Crippen LogP contribution in [-0.2, 0) is 0 Å². The number of nitrogens with two attached hydrogens (primary N) is 1. The van der Waals surface area contributed by atoms with Crippen LogP contribution in [0.3, 0.4) is 0 Å². The van der Waals surface area contributed by atoms with E-state index in [4.69, 9.17) is 10.9 Å². The molecule has 7 nitrogen and oxygen atoms in total. The number of nitrogens with zero attached hydrogens (tertiary/aromatic N) is 3. The Morgan fingerprint density at radius 1 is 1.47 bits per heavy atom. The Hall–Kier alpha value is -1.73. The van der Waals surface area contributed by atoms with Gasteiger partial charge in [0, 0.05) is 19.2 Å². The van der Waals surface area contributed by atoms with Crippen LogP contribution < -0.4 is 11.3 Å². The second-order valence-corrected chi connectivity index (χ2v) is 4.59. The van der Waals surface area contributed by atoms with E-state index in [0.29, 0.717) is 24.5 Å². The number of hydrogen-bond acceptors (Lipinski definition) is 6. The lowest BCUT2D eigenvalue weighted by Crippen LogP contribution is -2.45. The number of hydrazine groups is 1. The Bertz CT molecular complexity index is 419. The molecule has 1 aromatic heterocycles. The summed E-state index contributed by atoms with van der Waals surface area (Å²) in [6.45, 7) is 0.636. The Kier molecular flexibility index (Phi) is 4.64. The third-order valence-corrected chi connectivity index (χ3v) is 3.35. The van der Waals surface area contributed by atoms with Gasteiger partial charge in [-0.2, -0.15) is 0 Å². The Labute approximate surface area is 111 Å². The molecule has 1 aliphatic carbocycles. The number of aliphatic hydroxyl groups excluding tert-OH is 1. The van der Waals surface area contributed by atoms with Crippen LogP contribution in [0.5, 0.6) is 0 Å². The smallest absolute Gasteiger partial charge is 0.274 e. The van der Waals surface area contributed by atoms with E-state index in [1.54, 1.807) is 4.90 Å². The molecule has 1 fully saturated rings. The first-order valence-corrected chi connectivity index (χ1v) is 6.46. The van der Waals surface area contributed by atoms with Gasteiger partial charge >= 0.3 is 0 Å². The summed E-state index contributed by atoms with van der Waals surface area (Å²) in [5.41, 5.74) is 2.68. The summed E-state index contributed by atoms with van der Waals surface area (Å²) in [6.07, 6.45) is 6.62. The summed E-state index contributed by atoms with van der Waals surface area (Å²) in [5.74, 6) is 5.49. The summed E-state index contributed by atoms with van der Waals surface area (Å²) >= 11 is 0. The fourth-order valence-electron chi connectivity index (χ4n) is 2.05. The van der Waals surface area contributed by atoms with Crippen LogP contribution in [0.4, 0.5) is 5.82 Å². The van der Waals surface area contributed by atoms with Crippen LogP contribution in [0.15, 0.2) is 12.4 Å². The molecule has 104 valence electrons. The number of anilines is 1. The van der Waals surface area contributed by atoms with Crippen LogP contribution in [-0.4, -0.2) is 45.1 Å². The van der Waals surface area contributed by atoms with Crippen molar-refractivity contribution in [3.8, 4) is 0 Å². The van der Waals surface area contributed by atoms with Gasteiger partial charge in [-0.15, -0.1) is 0 Å². The number of hydrogen-bond donors (Lipinski definition) is 3. The predicted octanol–water partition coefficient (Wildman–Crippen LogP) is 0.139. The Morgan fingerprint density at radius 3 is 2.74 bits per heavy atom. The first-order valence-electron chi connectivity index (χ1n) is 6.46. The van der Waals surface area contributed by atoms with Gasteiger partial charge in [-0.05, 0) is 25.7 Å². The lowest BCUT2D eigenvalue weighted by atomic mass is 9.91. The third kappa shape index (κ3) is 3.18. The molecule has 0 unspecified atom stereocenters. The molecular weight excluding hydrogens is 246 g/mol. The number of aromatic nitrogens is 2. The normalized spacial score (nSPS) is 14.8. The lowest BCUT2D eigenvalue weighted by molar-refractivity contribution is 0.0556. The fraction of sp³-hybridized carbons (Fsp3) is 0.583. The molecule has 0 atom stereocenters. The Balaban J connectivity index is 2.08. The highest BCUT2D eigenvalue weighted by molar-refractivity contribution is 5.92. The zero-order valence-electron chi connectivity index (χ0n) is 10.7. The minimum Gasteiger partial charge on any atom is -0.396 e. The second kappa shape index (κ2) is 6.44. The van der Waals surface area contributed by atoms with Crippen molar-refractivity contribution >= 4 is 11.7 Å². The van der Waals surface area contributed by atoms with Crippen molar-refractivity contribution in [2.45, 2.75) is 31.7 Å². The molecular formula is C12H19N5O2. The molecule has 1 amide bonds. The molecule has 2 rings (SSSR count). The average molecular weight is 265 g/mol. The van der Waals surface area contributed by atoms with E-state index in [1.165, 1.54) is 12.4 Å². The van der Waals surface area contributed by atoms with E-state index in [2.05, 4.69) is 15.4 Å². The predicted molar refractivity (Wildman–Crippen MR) is 70.2 cm³/mol. The minimum absolute atomic E-state index is 0.0816. The number of rotatable bonds is 6. The molecule has 0 aromatic carbocycles. The van der Waals surface area contributed by atoms with E-state index in [9.17, 15) is 4.79 Å². The highest BCUT2D eigenvalue weighted by Gasteiger charge is 2.29. The monoisotopic (exact) mass is 265 g/mol. The van der Waals surface area contributed by atoms with Crippen molar-refractivity contribution in [1.29, 1.82) is 0 Å². The lowest BCUT2D eigenvalue weighted by Gasteiger charge is -2.37. The van der Waals surface area contributed by atoms with Gasteiger partial charge in [0.15, 0.2) is 5.82 Å². The molecule has 0 radical (unpaired) electrons. The molecule has 1 heterocycles. The summed E-state index contributed by atoms with van der Waals surface area (Å²) in [5, 5.41) is 8.92. The summed E-state index contributed by atoms with van der Waals surface area (Å²) in [4.78, 5) is 22.2. The van der Waals surface area contributed by atoms with Gasteiger partial charge < -0.3 is 15.4 Å². The number of nitrogen functional groups attached to an aromatic ring is 1. The molecule has 0 bridgehead atoms. The van der Waals surface area contributed by atoms with Gasteiger partial charge in [0.05, 0.1) is 12.4 Å². The van der Waals surface area contributed by atoms with Crippen molar-refractivity contribution in [2.75, 3.05) is 18.6 Å². The van der Waals surface area contributed by atoms with E-state index >= 15 is 0 Å². The summed E-state index contributed by atoms with van der Waals surface area (Å²) in [7, 11) is 0. The van der Waals surface area contributed by atoms with Gasteiger partial charge in [0.25, 0.3) is 5.91 Å². The van der Waals surface area contributed by atoms with Crippen LogP contribution in [0, 0.1) is 0 Å². The van der Waals surface area contributed by atoms with Crippen LogP contribution in [0.25, 0.3) is 0 Å². The first kappa shape index (κ1) is 13.7. The van der Waals surface area contributed by atoms with Crippen LogP contribution in [0.2, 0.25) is 0 Å². The number of amides is 1. The first-order chi connectivity index (χ1) is 9.26. The van der Waals surface area contributed by atoms with Gasteiger partial charge in [0.1, 0.15) is 5.69 Å². The molecule has 4 N–H and O–H groups in total. The summed E-state index contributed by atoms with van der Waals surface area (Å²) < 4.78 is 0. The number of aliphatic hydroxyl groups is 1. The summed E-state index contributed by atoms with van der Waals surface area (Å²) in [6, 6.07) is 0.271. The standard InChI is InChI=1S/C12H19N5O2/c13-16-11-8-14-10(7-15-11)12(19)17(5-2-6-18)9-3-1-4-9/h7-9,18H,1-6,13H2,(H,15,16).